The summed E-state index contributed by atoms with van der Waals surface area (Å²) in [5.41, 5.74) is 0.638. The first-order chi connectivity index (χ1) is 8.81. The molecule has 1 saturated heterocycles. The first kappa shape index (κ1) is 12.8. The summed E-state index contributed by atoms with van der Waals surface area (Å²) in [6.45, 7) is 2.64. The molecular weight excluding hydrogens is 232 g/mol. The lowest BCUT2D eigenvalue weighted by atomic mass is 10.2. The summed E-state index contributed by atoms with van der Waals surface area (Å²) in [6.07, 6.45) is 3.79. The minimum Gasteiger partial charge on any atom is -0.475 e. The summed E-state index contributed by atoms with van der Waals surface area (Å²) in [4.78, 5) is 18.1. The molecule has 2 heterocycles. The van der Waals surface area contributed by atoms with Crippen LogP contribution in [0.15, 0.2) is 18.3 Å². The maximum absolute atomic E-state index is 12.1. The van der Waals surface area contributed by atoms with Gasteiger partial charge in [0.1, 0.15) is 6.61 Å². The van der Waals surface area contributed by atoms with Gasteiger partial charge in [-0.2, -0.15) is 0 Å². The molecule has 0 atom stereocenters. The first-order valence-corrected chi connectivity index (χ1v) is 6.18. The van der Waals surface area contributed by atoms with E-state index < -0.39 is 0 Å². The number of carbonyl (C=O) groups is 1. The van der Waals surface area contributed by atoms with Crippen molar-refractivity contribution in [3.8, 4) is 5.88 Å². The van der Waals surface area contributed by atoms with Crippen molar-refractivity contribution in [1.29, 1.82) is 0 Å². The Labute approximate surface area is 107 Å². The van der Waals surface area contributed by atoms with Gasteiger partial charge in [0, 0.05) is 38.0 Å². The number of methoxy groups -OCH3 is 1. The fourth-order valence-corrected chi connectivity index (χ4v) is 1.95. The molecule has 0 bridgehead atoms. The van der Waals surface area contributed by atoms with E-state index in [1.807, 2.05) is 4.90 Å². The molecule has 0 radical (unpaired) electrons. The predicted octanol–water partition coefficient (Wildman–Crippen LogP) is 1.34. The van der Waals surface area contributed by atoms with Gasteiger partial charge < -0.3 is 14.4 Å². The van der Waals surface area contributed by atoms with Crippen LogP contribution in [0.25, 0.3) is 0 Å². The smallest absolute Gasteiger partial charge is 0.254 e. The van der Waals surface area contributed by atoms with Crippen molar-refractivity contribution in [3.63, 3.8) is 0 Å². The summed E-state index contributed by atoms with van der Waals surface area (Å²) in [5, 5.41) is 0. The molecule has 2 rings (SSSR count). The number of ether oxygens (including phenoxy) is 2. The largest absolute Gasteiger partial charge is 0.475 e. The van der Waals surface area contributed by atoms with Gasteiger partial charge in [0.05, 0.1) is 6.61 Å². The van der Waals surface area contributed by atoms with Gasteiger partial charge in [-0.25, -0.2) is 4.98 Å². The van der Waals surface area contributed by atoms with Gasteiger partial charge in [-0.1, -0.05) is 0 Å². The zero-order valence-electron chi connectivity index (χ0n) is 10.6. The number of hydrogen-bond acceptors (Lipinski definition) is 4. The third kappa shape index (κ3) is 3.20. The molecule has 5 heteroatoms. The third-order valence-corrected chi connectivity index (χ3v) is 2.91. The lowest BCUT2D eigenvalue weighted by molar-refractivity contribution is 0.0792. The number of aromatic nitrogens is 1. The zero-order chi connectivity index (χ0) is 12.8. The number of nitrogens with zero attached hydrogens (tertiary/aromatic N) is 2. The van der Waals surface area contributed by atoms with Crippen LogP contribution in [-0.4, -0.2) is 49.2 Å². The quantitative estimate of drug-likeness (QED) is 0.740. The monoisotopic (exact) mass is 250 g/mol. The summed E-state index contributed by atoms with van der Waals surface area (Å²) in [6, 6.07) is 3.42. The van der Waals surface area contributed by atoms with Crippen molar-refractivity contribution in [3.05, 3.63) is 23.9 Å². The van der Waals surface area contributed by atoms with Gasteiger partial charge in [-0.3, -0.25) is 4.79 Å². The van der Waals surface area contributed by atoms with Crippen molar-refractivity contribution < 1.29 is 14.3 Å². The average molecular weight is 250 g/mol. The summed E-state index contributed by atoms with van der Waals surface area (Å²) >= 11 is 0. The van der Waals surface area contributed by atoms with Gasteiger partial charge in [-0.15, -0.1) is 0 Å². The number of pyridine rings is 1. The fraction of sp³-hybridized carbons (Fsp3) is 0.538. The SMILES string of the molecule is COCCOc1cc(C(=O)N2CCCC2)ccn1. The van der Waals surface area contributed by atoms with Gasteiger partial charge in [0.2, 0.25) is 5.88 Å². The van der Waals surface area contributed by atoms with Crippen LogP contribution in [0, 0.1) is 0 Å². The number of amides is 1. The molecule has 1 aromatic heterocycles. The normalized spacial score (nSPS) is 14.8. The lowest BCUT2D eigenvalue weighted by Crippen LogP contribution is -2.27. The molecule has 1 aromatic rings. The minimum atomic E-state index is 0.0616. The molecule has 98 valence electrons. The van der Waals surface area contributed by atoms with E-state index in [1.54, 1.807) is 25.4 Å². The molecule has 0 N–H and O–H groups in total. The van der Waals surface area contributed by atoms with Crippen molar-refractivity contribution in [2.75, 3.05) is 33.4 Å². The molecule has 1 amide bonds. The van der Waals surface area contributed by atoms with Gasteiger partial charge in [0.25, 0.3) is 5.91 Å². The Kier molecular flexibility index (Phi) is 4.52. The highest BCUT2D eigenvalue weighted by Gasteiger charge is 2.19. The van der Waals surface area contributed by atoms with E-state index in [9.17, 15) is 4.79 Å². The van der Waals surface area contributed by atoms with Gasteiger partial charge in [-0.05, 0) is 18.9 Å². The highest BCUT2D eigenvalue weighted by molar-refractivity contribution is 5.94. The second-order valence-electron chi connectivity index (χ2n) is 4.22. The molecule has 1 aliphatic rings. The minimum absolute atomic E-state index is 0.0616. The van der Waals surface area contributed by atoms with E-state index in [-0.39, 0.29) is 5.91 Å². The molecule has 0 spiro atoms. The molecular formula is C13H18N2O3. The Bertz CT molecular complexity index is 403. The molecule has 18 heavy (non-hydrogen) atoms. The van der Waals surface area contributed by atoms with Crippen LogP contribution in [0.3, 0.4) is 0 Å². The van der Waals surface area contributed by atoms with Gasteiger partial charge >= 0.3 is 0 Å². The first-order valence-electron chi connectivity index (χ1n) is 6.18. The topological polar surface area (TPSA) is 51.7 Å². The second-order valence-corrected chi connectivity index (χ2v) is 4.22. The van der Waals surface area contributed by atoms with E-state index in [0.717, 1.165) is 25.9 Å². The van der Waals surface area contributed by atoms with E-state index in [4.69, 9.17) is 9.47 Å². The summed E-state index contributed by atoms with van der Waals surface area (Å²) in [5.74, 6) is 0.531. The van der Waals surface area contributed by atoms with Crippen molar-refractivity contribution >= 4 is 5.91 Å². The van der Waals surface area contributed by atoms with E-state index >= 15 is 0 Å². The predicted molar refractivity (Wildman–Crippen MR) is 66.7 cm³/mol. The molecule has 0 saturated carbocycles. The van der Waals surface area contributed by atoms with Crippen LogP contribution >= 0.6 is 0 Å². The molecule has 0 aromatic carbocycles. The van der Waals surface area contributed by atoms with E-state index in [0.29, 0.717) is 24.7 Å². The van der Waals surface area contributed by atoms with Crippen LogP contribution in [0.5, 0.6) is 5.88 Å². The Morgan fingerprint density at radius 3 is 2.89 bits per heavy atom. The highest BCUT2D eigenvalue weighted by atomic mass is 16.5. The molecule has 0 aliphatic carbocycles. The number of rotatable bonds is 5. The third-order valence-electron chi connectivity index (χ3n) is 2.91. The maximum atomic E-state index is 12.1. The molecule has 1 aliphatic heterocycles. The Morgan fingerprint density at radius 2 is 2.17 bits per heavy atom. The van der Waals surface area contributed by atoms with Crippen molar-refractivity contribution in [2.45, 2.75) is 12.8 Å². The Hall–Kier alpha value is -1.62. The van der Waals surface area contributed by atoms with Crippen LogP contribution in [0.2, 0.25) is 0 Å². The van der Waals surface area contributed by atoms with E-state index in [1.165, 1.54) is 0 Å². The lowest BCUT2D eigenvalue weighted by Gasteiger charge is -2.15. The second kappa shape index (κ2) is 6.35. The Morgan fingerprint density at radius 1 is 1.39 bits per heavy atom. The number of likely N-dealkylation sites (tertiary alicyclic amines) is 1. The van der Waals surface area contributed by atoms with Crippen LogP contribution < -0.4 is 4.74 Å². The average Bonchev–Trinajstić information content (AvgIpc) is 2.92. The van der Waals surface area contributed by atoms with Gasteiger partial charge in [0.15, 0.2) is 0 Å². The van der Waals surface area contributed by atoms with Crippen LogP contribution in [0.4, 0.5) is 0 Å². The highest BCUT2D eigenvalue weighted by Crippen LogP contribution is 2.15. The maximum Gasteiger partial charge on any atom is 0.254 e. The summed E-state index contributed by atoms with van der Waals surface area (Å²) < 4.78 is 10.3. The standard InChI is InChI=1S/C13H18N2O3/c1-17-8-9-18-12-10-11(4-5-14-12)13(16)15-6-2-3-7-15/h4-5,10H,2-3,6-9H2,1H3. The molecule has 0 unspecified atom stereocenters. The van der Waals surface area contributed by atoms with Crippen LogP contribution in [-0.2, 0) is 4.74 Å². The zero-order valence-corrected chi connectivity index (χ0v) is 10.6. The van der Waals surface area contributed by atoms with E-state index in [2.05, 4.69) is 4.98 Å². The summed E-state index contributed by atoms with van der Waals surface area (Å²) in [7, 11) is 1.62. The fourth-order valence-electron chi connectivity index (χ4n) is 1.95. The number of hydrogen-bond donors (Lipinski definition) is 0. The van der Waals surface area contributed by atoms with Crippen molar-refractivity contribution in [2.24, 2.45) is 0 Å². The molecule has 1 fully saturated rings. The number of carbonyl (C=O) groups excluding carboxylic acids is 1. The van der Waals surface area contributed by atoms with Crippen molar-refractivity contribution in [1.82, 2.24) is 9.88 Å². The molecule has 5 nitrogen and oxygen atoms in total. The van der Waals surface area contributed by atoms with Crippen LogP contribution in [0.1, 0.15) is 23.2 Å². The Balaban J connectivity index is 1.99.